The Kier molecular flexibility index (Phi) is 5.75. The summed E-state index contributed by atoms with van der Waals surface area (Å²) in [5, 5.41) is 10.5. The number of carbonyl (C=O) groups is 3. The lowest BCUT2D eigenvalue weighted by molar-refractivity contribution is -0.181. The maximum absolute atomic E-state index is 13.1. The number of ether oxygens (including phenoxy) is 1. The van der Waals surface area contributed by atoms with Crippen LogP contribution in [0.5, 0.6) is 0 Å². The number of fused-ring (bicyclic) bond motifs is 5. The standard InChI is InChI=1S/C27H30ClIO5/c1-24-10-8-19(30)15-17(24)6-7-21-20-9-11-27(23(32)33,25(20,2)12-13-26(21,24)28)34-22(31)16-4-3-5-18(29)14-16/h3-5,14-15,20-21H,6-13H2,1-2H3,(H,32,33)/t20-,21-,24-,25-,26-,27?/m0/s1. The fourth-order valence-electron chi connectivity index (χ4n) is 7.84. The molecule has 3 fully saturated rings. The summed E-state index contributed by atoms with van der Waals surface area (Å²) in [7, 11) is 0. The van der Waals surface area contributed by atoms with Crippen molar-refractivity contribution < 1.29 is 24.2 Å². The van der Waals surface area contributed by atoms with Crippen molar-refractivity contribution in [3.05, 3.63) is 45.0 Å². The summed E-state index contributed by atoms with van der Waals surface area (Å²) in [4.78, 5) is 37.6. The molecule has 0 radical (unpaired) electrons. The third-order valence-corrected chi connectivity index (χ3v) is 11.4. The van der Waals surface area contributed by atoms with Crippen LogP contribution in [0.2, 0.25) is 0 Å². The molecule has 1 aromatic carbocycles. The van der Waals surface area contributed by atoms with Gasteiger partial charge in [-0.3, -0.25) is 4.79 Å². The summed E-state index contributed by atoms with van der Waals surface area (Å²) in [6.45, 7) is 4.19. The predicted molar refractivity (Wildman–Crippen MR) is 137 cm³/mol. The molecule has 1 unspecified atom stereocenters. The lowest BCUT2D eigenvalue weighted by atomic mass is 9.46. The lowest BCUT2D eigenvalue weighted by Crippen LogP contribution is -2.64. The van der Waals surface area contributed by atoms with Crippen molar-refractivity contribution in [2.24, 2.45) is 22.7 Å². The minimum absolute atomic E-state index is 0.0366. The number of carbonyl (C=O) groups excluding carboxylic acids is 2. The summed E-state index contributed by atoms with van der Waals surface area (Å²) < 4.78 is 6.88. The third-order valence-electron chi connectivity index (χ3n) is 9.86. The first-order valence-corrected chi connectivity index (χ1v) is 13.6. The van der Waals surface area contributed by atoms with Crippen LogP contribution in [-0.2, 0) is 14.3 Å². The first-order chi connectivity index (χ1) is 16.0. The zero-order valence-corrected chi connectivity index (χ0v) is 22.4. The van der Waals surface area contributed by atoms with Crippen LogP contribution in [0.4, 0.5) is 0 Å². The van der Waals surface area contributed by atoms with Crippen LogP contribution in [0.1, 0.15) is 75.6 Å². The molecule has 0 spiro atoms. The van der Waals surface area contributed by atoms with Gasteiger partial charge in [0.15, 0.2) is 5.78 Å². The monoisotopic (exact) mass is 596 g/mol. The highest BCUT2D eigenvalue weighted by molar-refractivity contribution is 14.1. The number of ketones is 1. The van der Waals surface area contributed by atoms with Gasteiger partial charge in [-0.1, -0.05) is 25.5 Å². The van der Waals surface area contributed by atoms with Gasteiger partial charge in [-0.05, 0) is 104 Å². The summed E-state index contributed by atoms with van der Waals surface area (Å²) in [5.74, 6) is -1.32. The Morgan fingerprint density at radius 2 is 1.85 bits per heavy atom. The third kappa shape index (κ3) is 3.19. The molecule has 6 atom stereocenters. The highest BCUT2D eigenvalue weighted by Gasteiger charge is 2.72. The number of rotatable bonds is 3. The normalized spacial score (nSPS) is 41.1. The van der Waals surface area contributed by atoms with E-state index < -0.39 is 27.8 Å². The maximum Gasteiger partial charge on any atom is 0.348 e. The van der Waals surface area contributed by atoms with Gasteiger partial charge in [0.25, 0.3) is 0 Å². The van der Waals surface area contributed by atoms with Crippen LogP contribution in [-0.4, -0.2) is 33.3 Å². The number of aliphatic carboxylic acids is 1. The molecular formula is C27H30ClIO5. The number of allylic oxidation sites excluding steroid dienone is 1. The maximum atomic E-state index is 13.1. The average Bonchev–Trinajstić information content (AvgIpc) is 3.08. The second-order valence-corrected chi connectivity index (χ2v) is 13.0. The number of carboxylic acids is 1. The Morgan fingerprint density at radius 3 is 2.56 bits per heavy atom. The van der Waals surface area contributed by atoms with Crippen molar-refractivity contribution in [2.75, 3.05) is 0 Å². The second-order valence-electron chi connectivity index (χ2n) is 11.1. The minimum atomic E-state index is -1.58. The van der Waals surface area contributed by atoms with Gasteiger partial charge < -0.3 is 9.84 Å². The van der Waals surface area contributed by atoms with Gasteiger partial charge in [0, 0.05) is 20.8 Å². The molecule has 5 rings (SSSR count). The molecule has 1 N–H and O–H groups in total. The molecular weight excluding hydrogens is 567 g/mol. The Morgan fingerprint density at radius 1 is 1.09 bits per heavy atom. The van der Waals surface area contributed by atoms with Gasteiger partial charge in [0.05, 0.1) is 10.4 Å². The van der Waals surface area contributed by atoms with Crippen molar-refractivity contribution in [3.63, 3.8) is 0 Å². The van der Waals surface area contributed by atoms with E-state index in [9.17, 15) is 19.5 Å². The Labute approximate surface area is 218 Å². The van der Waals surface area contributed by atoms with Crippen LogP contribution in [0.25, 0.3) is 0 Å². The van der Waals surface area contributed by atoms with E-state index in [4.69, 9.17) is 16.3 Å². The number of hydrogen-bond acceptors (Lipinski definition) is 4. The van der Waals surface area contributed by atoms with Crippen molar-refractivity contribution in [1.82, 2.24) is 0 Å². The van der Waals surface area contributed by atoms with Crippen LogP contribution in [0, 0.1) is 26.2 Å². The summed E-state index contributed by atoms with van der Waals surface area (Å²) in [6.07, 6.45) is 6.88. The second kappa shape index (κ2) is 8.05. The van der Waals surface area contributed by atoms with Crippen molar-refractivity contribution >= 4 is 51.9 Å². The Balaban J connectivity index is 1.50. The highest BCUT2D eigenvalue weighted by Crippen LogP contribution is 2.71. The summed E-state index contributed by atoms with van der Waals surface area (Å²) >= 11 is 9.68. The fraction of sp³-hybridized carbons (Fsp3) is 0.593. The van der Waals surface area contributed by atoms with Crippen LogP contribution in [0.3, 0.4) is 0 Å². The Hall–Kier alpha value is -1.41. The number of esters is 1. The largest absolute Gasteiger partial charge is 0.478 e. The van der Waals surface area contributed by atoms with Crippen LogP contribution >= 0.6 is 34.2 Å². The fourth-order valence-corrected chi connectivity index (χ4v) is 8.96. The first-order valence-electron chi connectivity index (χ1n) is 12.1. The lowest BCUT2D eigenvalue weighted by Gasteiger charge is -2.63. The molecule has 3 saturated carbocycles. The molecule has 4 aliphatic rings. The summed E-state index contributed by atoms with van der Waals surface area (Å²) in [5.41, 5.74) is -1.02. The molecule has 0 saturated heterocycles. The topological polar surface area (TPSA) is 80.7 Å². The molecule has 5 nitrogen and oxygen atoms in total. The van der Waals surface area contributed by atoms with E-state index in [1.165, 1.54) is 0 Å². The zero-order valence-electron chi connectivity index (χ0n) is 19.5. The van der Waals surface area contributed by atoms with Gasteiger partial charge >= 0.3 is 11.9 Å². The van der Waals surface area contributed by atoms with E-state index >= 15 is 0 Å². The van der Waals surface area contributed by atoms with E-state index in [1.54, 1.807) is 18.2 Å². The highest BCUT2D eigenvalue weighted by atomic mass is 127. The first kappa shape index (κ1) is 24.3. The number of halogens is 2. The predicted octanol–water partition coefficient (Wildman–Crippen LogP) is 6.16. The molecule has 34 heavy (non-hydrogen) atoms. The van der Waals surface area contributed by atoms with Crippen LogP contribution in [0.15, 0.2) is 35.9 Å². The molecule has 182 valence electrons. The summed E-state index contributed by atoms with van der Waals surface area (Å²) in [6, 6.07) is 7.04. The van der Waals surface area contributed by atoms with Crippen LogP contribution < -0.4 is 0 Å². The quantitative estimate of drug-likeness (QED) is 0.257. The molecule has 7 heteroatoms. The van der Waals surface area contributed by atoms with Gasteiger partial charge in [0.2, 0.25) is 5.60 Å². The van der Waals surface area contributed by atoms with Gasteiger partial charge in [-0.25, -0.2) is 9.59 Å². The number of benzene rings is 1. The van der Waals surface area contributed by atoms with E-state index in [0.717, 1.165) is 28.4 Å². The molecule has 4 aliphatic carbocycles. The number of hydrogen-bond donors (Lipinski definition) is 1. The van der Waals surface area contributed by atoms with Gasteiger partial charge in [-0.2, -0.15) is 0 Å². The number of alkyl halides is 1. The molecule has 0 aliphatic heterocycles. The molecule has 1 aromatic rings. The smallest absolute Gasteiger partial charge is 0.348 e. The zero-order chi connectivity index (χ0) is 24.5. The van der Waals surface area contributed by atoms with E-state index in [-0.39, 0.29) is 23.0 Å². The van der Waals surface area contributed by atoms with E-state index in [2.05, 4.69) is 29.5 Å². The van der Waals surface area contributed by atoms with Gasteiger partial charge in [0.1, 0.15) is 0 Å². The van der Waals surface area contributed by atoms with Crippen molar-refractivity contribution in [1.29, 1.82) is 0 Å². The van der Waals surface area contributed by atoms with E-state index in [0.29, 0.717) is 37.7 Å². The molecule has 0 bridgehead atoms. The molecule has 0 heterocycles. The molecule has 0 amide bonds. The van der Waals surface area contributed by atoms with Crippen molar-refractivity contribution in [3.8, 4) is 0 Å². The molecule has 0 aromatic heterocycles. The SMILES string of the molecule is C[C@]12CC[C@]3(Cl)[C@@H](CCC4=CC(=O)CC[C@@]43C)[C@@H]1CCC2(OC(=O)c1cccc(I)c1)C(=O)O. The Bertz CT molecular complexity index is 1120. The van der Waals surface area contributed by atoms with E-state index in [1.807, 2.05) is 19.1 Å². The minimum Gasteiger partial charge on any atom is -0.478 e. The number of carboxylic acid groups (broad SMARTS) is 1. The van der Waals surface area contributed by atoms with Crippen molar-refractivity contribution in [2.45, 2.75) is 75.7 Å². The average molecular weight is 597 g/mol. The van der Waals surface area contributed by atoms with Gasteiger partial charge in [-0.15, -0.1) is 11.6 Å².